The van der Waals surface area contributed by atoms with Crippen LogP contribution in [0.2, 0.25) is 5.02 Å². The fourth-order valence-corrected chi connectivity index (χ4v) is 4.27. The summed E-state index contributed by atoms with van der Waals surface area (Å²) < 4.78 is 12.9. The van der Waals surface area contributed by atoms with Gasteiger partial charge in [0.25, 0.3) is 0 Å². The van der Waals surface area contributed by atoms with Crippen molar-refractivity contribution in [3.63, 3.8) is 0 Å². The Morgan fingerprint density at radius 1 is 1.29 bits per heavy atom. The predicted molar refractivity (Wildman–Crippen MR) is 125 cm³/mol. The average molecular weight is 468 g/mol. The van der Waals surface area contributed by atoms with Crippen LogP contribution in [-0.4, -0.2) is 59.3 Å². The molecule has 1 saturated heterocycles. The van der Waals surface area contributed by atoms with Gasteiger partial charge in [-0.1, -0.05) is 37.2 Å². The minimum Gasteiger partial charge on any atom is -0.495 e. The molecule has 1 atom stereocenters. The second-order valence-corrected chi connectivity index (χ2v) is 9.65. The molecule has 2 heterocycles. The summed E-state index contributed by atoms with van der Waals surface area (Å²) in [5, 5.41) is 12.7. The van der Waals surface area contributed by atoms with Crippen molar-refractivity contribution in [3.8, 4) is 5.75 Å². The molecule has 1 aliphatic rings. The smallest absolute Gasteiger partial charge is 0.237 e. The number of nitrogens with one attached hydrogen (secondary N) is 1. The predicted octanol–water partition coefficient (Wildman–Crippen LogP) is 3.86. The number of hydrogen-bond donors (Lipinski definition) is 1. The molecule has 0 bridgehead atoms. The molecule has 170 valence electrons. The van der Waals surface area contributed by atoms with Crippen molar-refractivity contribution >= 4 is 40.9 Å². The minimum absolute atomic E-state index is 0.142. The highest BCUT2D eigenvalue weighted by Crippen LogP contribution is 2.32. The van der Waals surface area contributed by atoms with Gasteiger partial charge in [0.15, 0.2) is 5.16 Å². The molecule has 1 aromatic heterocycles. The van der Waals surface area contributed by atoms with Crippen LogP contribution < -0.4 is 15.0 Å². The van der Waals surface area contributed by atoms with E-state index in [1.54, 1.807) is 13.2 Å². The molecule has 2 aromatic rings. The molecule has 10 heteroatoms. The maximum Gasteiger partial charge on any atom is 0.237 e. The fraction of sp³-hybridized carbons (Fsp3) is 0.571. The molecule has 1 aromatic carbocycles. The van der Waals surface area contributed by atoms with Gasteiger partial charge in [-0.25, -0.2) is 0 Å². The Labute approximate surface area is 192 Å². The molecule has 8 nitrogen and oxygen atoms in total. The van der Waals surface area contributed by atoms with Crippen LogP contribution in [0.1, 0.15) is 26.3 Å². The van der Waals surface area contributed by atoms with E-state index in [9.17, 15) is 4.79 Å². The largest absolute Gasteiger partial charge is 0.495 e. The first-order chi connectivity index (χ1) is 14.8. The van der Waals surface area contributed by atoms with Gasteiger partial charge in [0.05, 0.1) is 31.3 Å². The van der Waals surface area contributed by atoms with E-state index in [0.717, 1.165) is 36.3 Å². The number of thioether (sulfide) groups is 1. The second kappa shape index (κ2) is 10.6. The number of hydrogen-bond acceptors (Lipinski definition) is 7. The highest BCUT2D eigenvalue weighted by atomic mass is 35.5. The maximum atomic E-state index is 12.9. The van der Waals surface area contributed by atoms with Crippen molar-refractivity contribution in [2.45, 2.75) is 44.6 Å². The lowest BCUT2D eigenvalue weighted by Crippen LogP contribution is -2.38. The van der Waals surface area contributed by atoms with Crippen LogP contribution in [0.4, 0.5) is 11.6 Å². The van der Waals surface area contributed by atoms with Gasteiger partial charge in [0.2, 0.25) is 11.9 Å². The van der Waals surface area contributed by atoms with Crippen molar-refractivity contribution in [2.75, 3.05) is 43.6 Å². The summed E-state index contributed by atoms with van der Waals surface area (Å²) in [5.74, 6) is 1.64. The summed E-state index contributed by atoms with van der Waals surface area (Å²) in [4.78, 5) is 15.1. The monoisotopic (exact) mass is 467 g/mol. The van der Waals surface area contributed by atoms with Gasteiger partial charge in [0.1, 0.15) is 5.75 Å². The lowest BCUT2D eigenvalue weighted by atomic mass is 10.2. The minimum atomic E-state index is -0.381. The van der Waals surface area contributed by atoms with Crippen LogP contribution in [0.5, 0.6) is 5.75 Å². The van der Waals surface area contributed by atoms with Crippen LogP contribution in [0.3, 0.4) is 0 Å². The lowest BCUT2D eigenvalue weighted by molar-refractivity contribution is -0.115. The van der Waals surface area contributed by atoms with E-state index in [4.69, 9.17) is 21.1 Å². The highest BCUT2D eigenvalue weighted by Gasteiger charge is 2.25. The molecule has 1 N–H and O–H groups in total. The van der Waals surface area contributed by atoms with Crippen molar-refractivity contribution < 1.29 is 14.3 Å². The first kappa shape index (κ1) is 23.7. The summed E-state index contributed by atoms with van der Waals surface area (Å²) >= 11 is 7.57. The fourth-order valence-electron chi connectivity index (χ4n) is 3.27. The molecule has 0 aliphatic carbocycles. The van der Waals surface area contributed by atoms with Gasteiger partial charge < -0.3 is 19.7 Å². The normalized spacial score (nSPS) is 15.3. The van der Waals surface area contributed by atoms with Gasteiger partial charge in [-0.15, -0.1) is 10.2 Å². The summed E-state index contributed by atoms with van der Waals surface area (Å²) in [7, 11) is 1.55. The number of aryl methyl sites for hydroxylation is 1. The number of benzene rings is 1. The number of morpholine rings is 1. The Bertz CT molecular complexity index is 915. The third-order valence-electron chi connectivity index (χ3n) is 4.93. The number of anilines is 2. The molecule has 0 saturated carbocycles. The summed E-state index contributed by atoms with van der Waals surface area (Å²) in [6, 6.07) is 3.52. The van der Waals surface area contributed by atoms with Crippen LogP contribution in [-0.2, 0) is 16.1 Å². The SMILES string of the molecule is COc1cc(Cl)c(C)cc1NC(=O)C(C)Sc1nnc(N2CCOCC2)n1CC(C)C. The highest BCUT2D eigenvalue weighted by molar-refractivity contribution is 8.00. The third-order valence-corrected chi connectivity index (χ3v) is 6.42. The molecule has 3 rings (SSSR count). The van der Waals surface area contributed by atoms with Crippen LogP contribution in [0.15, 0.2) is 17.3 Å². The van der Waals surface area contributed by atoms with Gasteiger partial charge >= 0.3 is 0 Å². The van der Waals surface area contributed by atoms with Crippen LogP contribution >= 0.6 is 23.4 Å². The number of carbonyl (C=O) groups is 1. The summed E-state index contributed by atoms with van der Waals surface area (Å²) in [6.07, 6.45) is 0. The van der Waals surface area contributed by atoms with Crippen molar-refractivity contribution in [3.05, 3.63) is 22.7 Å². The Hall–Kier alpha value is -1.97. The van der Waals surface area contributed by atoms with Gasteiger partial charge in [0, 0.05) is 30.7 Å². The Kier molecular flexibility index (Phi) is 8.07. The van der Waals surface area contributed by atoms with Crippen molar-refractivity contribution in [1.29, 1.82) is 0 Å². The second-order valence-electron chi connectivity index (χ2n) is 7.94. The zero-order chi connectivity index (χ0) is 22.5. The molecule has 0 spiro atoms. The van der Waals surface area contributed by atoms with E-state index in [-0.39, 0.29) is 11.2 Å². The standard InChI is InChI=1S/C21H30ClN5O3S/c1-13(2)12-27-20(26-6-8-30-9-7-26)24-25-21(27)31-15(4)19(28)23-17-10-14(3)16(22)11-18(17)29-5/h10-11,13,15H,6-9,12H2,1-5H3,(H,23,28). The van der Waals surface area contributed by atoms with Gasteiger partial charge in [-0.2, -0.15) is 0 Å². The van der Waals surface area contributed by atoms with Crippen LogP contribution in [0, 0.1) is 12.8 Å². The van der Waals surface area contributed by atoms with E-state index < -0.39 is 0 Å². The molecule has 31 heavy (non-hydrogen) atoms. The number of aromatic nitrogens is 3. The van der Waals surface area contributed by atoms with Gasteiger partial charge in [-0.3, -0.25) is 9.36 Å². The third kappa shape index (κ3) is 5.84. The van der Waals surface area contributed by atoms with Crippen molar-refractivity contribution in [1.82, 2.24) is 14.8 Å². The molecule has 1 unspecified atom stereocenters. The van der Waals surface area contributed by atoms with E-state index >= 15 is 0 Å². The molecular formula is C21H30ClN5O3S. The summed E-state index contributed by atoms with van der Waals surface area (Å²) in [5.41, 5.74) is 1.46. The maximum absolute atomic E-state index is 12.9. The van der Waals surface area contributed by atoms with E-state index in [1.807, 2.05) is 19.9 Å². The Morgan fingerprint density at radius 2 is 2.00 bits per heavy atom. The number of methoxy groups -OCH3 is 1. The molecular weight excluding hydrogens is 438 g/mol. The first-order valence-electron chi connectivity index (χ1n) is 10.4. The molecule has 1 amide bonds. The van der Waals surface area contributed by atoms with E-state index in [1.165, 1.54) is 11.8 Å². The summed E-state index contributed by atoms with van der Waals surface area (Å²) in [6.45, 7) is 11.8. The molecule has 1 aliphatic heterocycles. The van der Waals surface area contributed by atoms with Crippen molar-refractivity contribution in [2.24, 2.45) is 5.92 Å². The zero-order valence-corrected chi connectivity index (χ0v) is 20.2. The number of ether oxygens (including phenoxy) is 2. The molecule has 0 radical (unpaired) electrons. The van der Waals surface area contributed by atoms with Crippen LogP contribution in [0.25, 0.3) is 0 Å². The number of halogens is 1. The average Bonchev–Trinajstić information content (AvgIpc) is 3.12. The number of amides is 1. The zero-order valence-electron chi connectivity index (χ0n) is 18.6. The quantitative estimate of drug-likeness (QED) is 0.590. The number of nitrogens with zero attached hydrogens (tertiary/aromatic N) is 4. The van der Waals surface area contributed by atoms with E-state index in [0.29, 0.717) is 35.6 Å². The lowest BCUT2D eigenvalue weighted by Gasteiger charge is -2.28. The number of carbonyl (C=O) groups excluding carboxylic acids is 1. The first-order valence-corrected chi connectivity index (χ1v) is 11.6. The van der Waals surface area contributed by atoms with Gasteiger partial charge in [-0.05, 0) is 31.4 Å². The number of rotatable bonds is 8. The Balaban J connectivity index is 1.76. The Morgan fingerprint density at radius 3 is 2.65 bits per heavy atom. The molecule has 1 fully saturated rings. The topological polar surface area (TPSA) is 81.5 Å². The van der Waals surface area contributed by atoms with E-state index in [2.05, 4.69) is 38.8 Å².